The Morgan fingerprint density at radius 2 is 1.94 bits per heavy atom. The zero-order chi connectivity index (χ0) is 25.7. The van der Waals surface area contributed by atoms with E-state index in [1.807, 2.05) is 34.9 Å². The zero-order valence-electron chi connectivity index (χ0n) is 21.5. The Hall–Kier alpha value is -2.58. The molecule has 9 heteroatoms. The van der Waals surface area contributed by atoms with Crippen molar-refractivity contribution < 1.29 is 19.1 Å². The number of nitrogens with zero attached hydrogens (tertiary/aromatic N) is 4. The van der Waals surface area contributed by atoms with Gasteiger partial charge in [-0.2, -0.15) is 5.10 Å². The first-order valence-electron chi connectivity index (χ1n) is 12.9. The molecular weight excluding hydrogens is 480 g/mol. The van der Waals surface area contributed by atoms with E-state index in [9.17, 15) is 9.59 Å². The monoisotopic (exact) mass is 516 g/mol. The molecule has 1 atom stereocenters. The smallest absolute Gasteiger partial charge is 0.272 e. The highest BCUT2D eigenvalue weighted by molar-refractivity contribution is 6.30. The molecule has 8 nitrogen and oxygen atoms in total. The topological polar surface area (TPSA) is 76.9 Å². The van der Waals surface area contributed by atoms with Gasteiger partial charge in [-0.05, 0) is 49.9 Å². The fraction of sp³-hybridized carbons (Fsp3) is 0.593. The van der Waals surface area contributed by atoms with Gasteiger partial charge in [-0.1, -0.05) is 31.5 Å². The number of piperidine rings is 1. The summed E-state index contributed by atoms with van der Waals surface area (Å²) in [6.07, 6.45) is 1.93. The van der Waals surface area contributed by atoms with Crippen LogP contribution in [0.2, 0.25) is 5.02 Å². The van der Waals surface area contributed by atoms with Crippen LogP contribution in [0.3, 0.4) is 0 Å². The highest BCUT2D eigenvalue weighted by Crippen LogP contribution is 2.36. The summed E-state index contributed by atoms with van der Waals surface area (Å²) < 4.78 is 13.4. The number of morpholine rings is 1. The fourth-order valence-corrected chi connectivity index (χ4v) is 5.21. The summed E-state index contributed by atoms with van der Waals surface area (Å²) in [6, 6.07) is 9.20. The highest BCUT2D eigenvalue weighted by Gasteiger charge is 2.41. The van der Waals surface area contributed by atoms with Crippen molar-refractivity contribution in [2.75, 3.05) is 46.0 Å². The van der Waals surface area contributed by atoms with Crippen molar-refractivity contribution in [3.8, 4) is 5.75 Å². The van der Waals surface area contributed by atoms with E-state index in [2.05, 4.69) is 18.9 Å². The van der Waals surface area contributed by atoms with Crippen molar-refractivity contribution >= 4 is 23.4 Å². The lowest BCUT2D eigenvalue weighted by Gasteiger charge is -2.43. The number of carbonyl (C=O) groups is 2. The van der Waals surface area contributed by atoms with Crippen LogP contribution in [-0.2, 0) is 16.1 Å². The van der Waals surface area contributed by atoms with Crippen molar-refractivity contribution in [1.29, 1.82) is 0 Å². The summed E-state index contributed by atoms with van der Waals surface area (Å²) in [5.41, 5.74) is 1.02. The molecule has 2 aromatic rings. The molecule has 3 heterocycles. The van der Waals surface area contributed by atoms with Gasteiger partial charge in [0, 0.05) is 49.6 Å². The maximum Gasteiger partial charge on any atom is 0.272 e. The molecule has 36 heavy (non-hydrogen) atoms. The van der Waals surface area contributed by atoms with E-state index < -0.39 is 5.41 Å². The van der Waals surface area contributed by atoms with Gasteiger partial charge in [0.2, 0.25) is 5.91 Å². The molecule has 2 aliphatic heterocycles. The minimum Gasteiger partial charge on any atom is -0.493 e. The van der Waals surface area contributed by atoms with Gasteiger partial charge >= 0.3 is 0 Å². The maximum atomic E-state index is 13.7. The third kappa shape index (κ3) is 6.21. The molecule has 2 amide bonds. The third-order valence-corrected chi connectivity index (χ3v) is 7.32. The summed E-state index contributed by atoms with van der Waals surface area (Å²) in [7, 11) is 0. The lowest BCUT2D eigenvalue weighted by atomic mass is 9.77. The van der Waals surface area contributed by atoms with Crippen LogP contribution in [0.4, 0.5) is 0 Å². The van der Waals surface area contributed by atoms with Gasteiger partial charge in [0.05, 0.1) is 25.5 Å². The average molecular weight is 517 g/mol. The van der Waals surface area contributed by atoms with E-state index in [1.54, 1.807) is 16.8 Å². The number of carbonyl (C=O) groups excluding carboxylic acids is 2. The average Bonchev–Trinajstić information content (AvgIpc) is 3.33. The number of likely N-dealkylation sites (tertiary alicyclic amines) is 1. The SMILES string of the molecule is CCn1nc(C(C)C)cc1C(=O)N1CCC[C@@](COc2cccc(Cl)c2)(CC(=O)N2CCOCC2)C1. The lowest BCUT2D eigenvalue weighted by Crippen LogP contribution is -2.52. The van der Waals surface area contributed by atoms with Crippen molar-refractivity contribution in [2.45, 2.75) is 52.5 Å². The van der Waals surface area contributed by atoms with Gasteiger partial charge in [-0.15, -0.1) is 0 Å². The van der Waals surface area contributed by atoms with E-state index in [0.29, 0.717) is 75.4 Å². The van der Waals surface area contributed by atoms with Crippen LogP contribution in [0.25, 0.3) is 0 Å². The number of aryl methyl sites for hydroxylation is 1. The van der Waals surface area contributed by atoms with Crippen molar-refractivity contribution in [1.82, 2.24) is 19.6 Å². The molecule has 0 unspecified atom stereocenters. The first-order valence-corrected chi connectivity index (χ1v) is 13.3. The largest absolute Gasteiger partial charge is 0.493 e. The van der Waals surface area contributed by atoms with Gasteiger partial charge in [0.1, 0.15) is 11.4 Å². The van der Waals surface area contributed by atoms with E-state index >= 15 is 0 Å². The second kappa shape index (κ2) is 11.6. The number of hydrogen-bond donors (Lipinski definition) is 0. The minimum atomic E-state index is -0.496. The van der Waals surface area contributed by atoms with Crippen molar-refractivity contribution in [2.24, 2.45) is 5.41 Å². The Morgan fingerprint density at radius 1 is 1.17 bits per heavy atom. The number of halogens is 1. The second-order valence-corrected chi connectivity index (χ2v) is 10.6. The second-order valence-electron chi connectivity index (χ2n) is 10.2. The Labute approximate surface area is 218 Å². The quantitative estimate of drug-likeness (QED) is 0.524. The predicted molar refractivity (Wildman–Crippen MR) is 139 cm³/mol. The maximum absolute atomic E-state index is 13.7. The molecule has 0 aliphatic carbocycles. The molecule has 0 saturated carbocycles. The molecule has 2 fully saturated rings. The fourth-order valence-electron chi connectivity index (χ4n) is 5.03. The number of ether oxygens (including phenoxy) is 2. The molecule has 0 N–H and O–H groups in total. The van der Waals surface area contributed by atoms with Crippen LogP contribution in [0.1, 0.15) is 62.1 Å². The van der Waals surface area contributed by atoms with Crippen LogP contribution >= 0.6 is 11.6 Å². The van der Waals surface area contributed by atoms with Crippen LogP contribution in [-0.4, -0.2) is 77.4 Å². The Kier molecular flexibility index (Phi) is 8.57. The Morgan fingerprint density at radius 3 is 2.64 bits per heavy atom. The molecule has 0 radical (unpaired) electrons. The van der Waals surface area contributed by atoms with Crippen molar-refractivity contribution in [3.05, 3.63) is 46.7 Å². The van der Waals surface area contributed by atoms with Crippen LogP contribution in [0.5, 0.6) is 5.75 Å². The Bertz CT molecular complexity index is 1070. The first kappa shape index (κ1) is 26.5. The first-order chi connectivity index (χ1) is 17.3. The van der Waals surface area contributed by atoms with Crippen LogP contribution < -0.4 is 4.74 Å². The molecule has 2 aliphatic rings. The molecule has 2 saturated heterocycles. The highest BCUT2D eigenvalue weighted by atomic mass is 35.5. The molecule has 0 bridgehead atoms. The molecule has 0 spiro atoms. The molecule has 196 valence electrons. The molecular formula is C27H37ClN4O4. The molecule has 4 rings (SSSR count). The summed E-state index contributed by atoms with van der Waals surface area (Å²) in [5.74, 6) is 0.946. The summed E-state index contributed by atoms with van der Waals surface area (Å²) >= 11 is 6.16. The standard InChI is InChI=1S/C27H37ClN4O4/c1-4-32-24(16-23(29-32)20(2)3)26(34)31-10-6-9-27(18-31,17-25(33)30-11-13-35-14-12-30)19-36-22-8-5-7-21(28)15-22/h5,7-8,15-16,20H,4,6,9-14,17-19H2,1-3H3/t27-/m1/s1. The Balaban J connectivity index is 1.56. The number of benzene rings is 1. The van der Waals surface area contributed by atoms with Gasteiger partial charge in [-0.3, -0.25) is 14.3 Å². The third-order valence-electron chi connectivity index (χ3n) is 7.09. The normalized spacial score (nSPS) is 20.6. The van der Waals surface area contributed by atoms with Gasteiger partial charge in [0.15, 0.2) is 0 Å². The van der Waals surface area contributed by atoms with E-state index in [4.69, 9.17) is 21.1 Å². The minimum absolute atomic E-state index is 0.0399. The predicted octanol–water partition coefficient (Wildman–Crippen LogP) is 4.23. The lowest BCUT2D eigenvalue weighted by molar-refractivity contribution is -0.139. The number of rotatable bonds is 8. The van der Waals surface area contributed by atoms with Gasteiger partial charge in [0.25, 0.3) is 5.91 Å². The van der Waals surface area contributed by atoms with E-state index in [0.717, 1.165) is 18.5 Å². The summed E-state index contributed by atoms with van der Waals surface area (Å²) in [6.45, 7) is 10.5. The van der Waals surface area contributed by atoms with Crippen molar-refractivity contribution in [3.63, 3.8) is 0 Å². The zero-order valence-corrected chi connectivity index (χ0v) is 22.3. The van der Waals surface area contributed by atoms with Gasteiger partial charge < -0.3 is 19.3 Å². The van der Waals surface area contributed by atoms with Gasteiger partial charge in [-0.25, -0.2) is 0 Å². The molecule has 1 aromatic carbocycles. The number of hydrogen-bond acceptors (Lipinski definition) is 5. The number of aromatic nitrogens is 2. The van der Waals surface area contributed by atoms with E-state index in [-0.39, 0.29) is 17.7 Å². The van der Waals surface area contributed by atoms with Crippen LogP contribution in [0.15, 0.2) is 30.3 Å². The molecule has 1 aromatic heterocycles. The number of amides is 2. The van der Waals surface area contributed by atoms with Crippen LogP contribution in [0, 0.1) is 5.41 Å². The summed E-state index contributed by atoms with van der Waals surface area (Å²) in [5, 5.41) is 5.23. The summed E-state index contributed by atoms with van der Waals surface area (Å²) in [4.78, 5) is 30.8. The van der Waals surface area contributed by atoms with E-state index in [1.165, 1.54) is 0 Å².